The fourth-order valence-electron chi connectivity index (χ4n) is 1.36. The van der Waals surface area contributed by atoms with Gasteiger partial charge in [-0.25, -0.2) is 19.2 Å². The molecule has 0 aliphatic carbocycles. The van der Waals surface area contributed by atoms with Crippen LogP contribution in [0.25, 0.3) is 11.3 Å². The van der Waals surface area contributed by atoms with Gasteiger partial charge in [-0.3, -0.25) is 0 Å². The summed E-state index contributed by atoms with van der Waals surface area (Å²) in [5.74, 6) is -2.35. The molecular weight excluding hydrogens is 291 g/mol. The van der Waals surface area contributed by atoms with Gasteiger partial charge in [0, 0.05) is 10.0 Å². The van der Waals surface area contributed by atoms with Crippen LogP contribution in [-0.2, 0) is 0 Å². The van der Waals surface area contributed by atoms with Crippen LogP contribution in [0.2, 0.25) is 0 Å². The average molecular weight is 297 g/mol. The summed E-state index contributed by atoms with van der Waals surface area (Å²) in [6.07, 6.45) is 1.03. The van der Waals surface area contributed by atoms with Gasteiger partial charge in [0.25, 0.3) is 0 Å². The number of halogens is 2. The Morgan fingerprint density at radius 1 is 1.35 bits per heavy atom. The fraction of sp³-hybridized carbons (Fsp3) is 0. The van der Waals surface area contributed by atoms with Crippen LogP contribution in [0.15, 0.2) is 35.1 Å². The molecule has 0 unspecified atom stereocenters. The van der Waals surface area contributed by atoms with Crippen LogP contribution in [0.5, 0.6) is 0 Å². The Labute approximate surface area is 104 Å². The molecule has 4 nitrogen and oxygen atoms in total. The van der Waals surface area contributed by atoms with Crippen molar-refractivity contribution in [1.29, 1.82) is 0 Å². The first kappa shape index (κ1) is 11.7. The molecule has 6 heteroatoms. The van der Waals surface area contributed by atoms with E-state index >= 15 is 0 Å². The van der Waals surface area contributed by atoms with E-state index in [1.54, 1.807) is 24.3 Å². The molecular formula is C11H6BrFN2O2. The monoisotopic (exact) mass is 296 g/mol. The quantitative estimate of drug-likeness (QED) is 0.925. The Balaban J connectivity index is 2.60. The zero-order valence-corrected chi connectivity index (χ0v) is 9.98. The van der Waals surface area contributed by atoms with Gasteiger partial charge in [0.15, 0.2) is 11.5 Å². The highest BCUT2D eigenvalue weighted by Crippen LogP contribution is 2.24. The minimum atomic E-state index is -1.42. The molecule has 0 saturated carbocycles. The van der Waals surface area contributed by atoms with Crippen molar-refractivity contribution in [3.05, 3.63) is 46.6 Å². The predicted molar refractivity (Wildman–Crippen MR) is 62.1 cm³/mol. The van der Waals surface area contributed by atoms with E-state index in [1.807, 2.05) is 0 Å². The fourth-order valence-corrected chi connectivity index (χ4v) is 1.76. The van der Waals surface area contributed by atoms with E-state index in [0.29, 0.717) is 5.56 Å². The number of rotatable bonds is 2. The SMILES string of the molecule is O=C(O)c1ncnc(-c2cccc(Br)c2)c1F. The predicted octanol–water partition coefficient (Wildman–Crippen LogP) is 2.74. The maximum Gasteiger partial charge on any atom is 0.357 e. The average Bonchev–Trinajstić information content (AvgIpc) is 2.29. The van der Waals surface area contributed by atoms with E-state index in [4.69, 9.17) is 5.11 Å². The second-order valence-corrected chi connectivity index (χ2v) is 4.12. The lowest BCUT2D eigenvalue weighted by molar-refractivity contribution is 0.0684. The second kappa shape index (κ2) is 4.58. The van der Waals surface area contributed by atoms with Crippen molar-refractivity contribution in [1.82, 2.24) is 9.97 Å². The number of carbonyl (C=O) groups is 1. The van der Waals surface area contributed by atoms with Crippen LogP contribution in [0.4, 0.5) is 4.39 Å². The minimum Gasteiger partial charge on any atom is -0.476 e. The Hall–Kier alpha value is -1.82. The van der Waals surface area contributed by atoms with E-state index in [0.717, 1.165) is 10.8 Å². The molecule has 1 aromatic heterocycles. The van der Waals surface area contributed by atoms with Crippen molar-refractivity contribution in [3.8, 4) is 11.3 Å². The van der Waals surface area contributed by atoms with Gasteiger partial charge in [0.05, 0.1) is 0 Å². The van der Waals surface area contributed by atoms with Crippen molar-refractivity contribution in [2.45, 2.75) is 0 Å². The molecule has 0 aliphatic heterocycles. The number of aromatic carboxylic acids is 1. The first-order chi connectivity index (χ1) is 8.09. The molecule has 2 aromatic rings. The minimum absolute atomic E-state index is 0.0290. The summed E-state index contributed by atoms with van der Waals surface area (Å²) < 4.78 is 14.6. The van der Waals surface area contributed by atoms with Crippen molar-refractivity contribution in [2.75, 3.05) is 0 Å². The summed E-state index contributed by atoms with van der Waals surface area (Å²) in [7, 11) is 0. The number of aromatic nitrogens is 2. The molecule has 0 fully saturated rings. The van der Waals surface area contributed by atoms with Gasteiger partial charge in [0.2, 0.25) is 0 Å². The molecule has 0 spiro atoms. The molecule has 0 amide bonds. The third kappa shape index (κ3) is 2.31. The van der Waals surface area contributed by atoms with E-state index in [9.17, 15) is 9.18 Å². The summed E-state index contributed by atoms with van der Waals surface area (Å²) in [6.45, 7) is 0. The van der Waals surface area contributed by atoms with Crippen molar-refractivity contribution >= 4 is 21.9 Å². The van der Waals surface area contributed by atoms with Crippen LogP contribution in [0.1, 0.15) is 10.5 Å². The van der Waals surface area contributed by atoms with Gasteiger partial charge in [-0.05, 0) is 12.1 Å². The molecule has 17 heavy (non-hydrogen) atoms. The van der Waals surface area contributed by atoms with Gasteiger partial charge in [-0.1, -0.05) is 28.1 Å². The zero-order chi connectivity index (χ0) is 12.4. The largest absolute Gasteiger partial charge is 0.476 e. The third-order valence-electron chi connectivity index (χ3n) is 2.09. The first-order valence-corrected chi connectivity index (χ1v) is 5.38. The first-order valence-electron chi connectivity index (χ1n) is 4.59. The van der Waals surface area contributed by atoms with Crippen LogP contribution in [-0.4, -0.2) is 21.0 Å². The summed E-state index contributed by atoms with van der Waals surface area (Å²) in [5.41, 5.74) is -0.171. The Bertz CT molecular complexity index is 589. The molecule has 1 aromatic carbocycles. The maximum absolute atomic E-state index is 13.8. The normalized spacial score (nSPS) is 10.2. The van der Waals surface area contributed by atoms with Gasteiger partial charge in [-0.15, -0.1) is 0 Å². The standard InChI is InChI=1S/C11H6BrFN2O2/c12-7-3-1-2-6(4-7)9-8(13)10(11(16)17)15-5-14-9/h1-5H,(H,16,17). The molecule has 2 rings (SSSR count). The van der Waals surface area contributed by atoms with Gasteiger partial charge < -0.3 is 5.11 Å². The van der Waals surface area contributed by atoms with Crippen LogP contribution in [0.3, 0.4) is 0 Å². The van der Waals surface area contributed by atoms with Crippen molar-refractivity contribution in [3.63, 3.8) is 0 Å². The van der Waals surface area contributed by atoms with Crippen LogP contribution < -0.4 is 0 Å². The van der Waals surface area contributed by atoms with Crippen LogP contribution in [0, 0.1) is 5.82 Å². The second-order valence-electron chi connectivity index (χ2n) is 3.20. The number of nitrogens with zero attached hydrogens (tertiary/aromatic N) is 2. The van der Waals surface area contributed by atoms with E-state index in [1.165, 1.54) is 0 Å². The van der Waals surface area contributed by atoms with Crippen molar-refractivity contribution < 1.29 is 14.3 Å². The summed E-state index contributed by atoms with van der Waals surface area (Å²) in [4.78, 5) is 17.9. The lowest BCUT2D eigenvalue weighted by Crippen LogP contribution is -2.06. The van der Waals surface area contributed by atoms with E-state index in [2.05, 4.69) is 25.9 Å². The number of carboxylic acids is 1. The number of benzene rings is 1. The Morgan fingerprint density at radius 3 is 2.76 bits per heavy atom. The highest BCUT2D eigenvalue weighted by Gasteiger charge is 2.17. The van der Waals surface area contributed by atoms with E-state index in [-0.39, 0.29) is 5.69 Å². The number of hydrogen-bond acceptors (Lipinski definition) is 3. The van der Waals surface area contributed by atoms with Gasteiger partial charge in [0.1, 0.15) is 12.0 Å². The molecule has 0 saturated heterocycles. The van der Waals surface area contributed by atoms with Crippen molar-refractivity contribution in [2.24, 2.45) is 0 Å². The number of hydrogen-bond donors (Lipinski definition) is 1. The summed E-state index contributed by atoms with van der Waals surface area (Å²) in [5, 5.41) is 8.75. The Kier molecular flexibility index (Phi) is 3.14. The van der Waals surface area contributed by atoms with E-state index < -0.39 is 17.5 Å². The zero-order valence-electron chi connectivity index (χ0n) is 8.39. The smallest absolute Gasteiger partial charge is 0.357 e. The molecule has 86 valence electrons. The molecule has 0 bridgehead atoms. The topological polar surface area (TPSA) is 63.1 Å². The summed E-state index contributed by atoms with van der Waals surface area (Å²) >= 11 is 3.25. The summed E-state index contributed by atoms with van der Waals surface area (Å²) in [6, 6.07) is 6.78. The molecule has 0 atom stereocenters. The Morgan fingerprint density at radius 2 is 2.12 bits per heavy atom. The highest BCUT2D eigenvalue weighted by molar-refractivity contribution is 9.10. The molecule has 1 N–H and O–H groups in total. The van der Waals surface area contributed by atoms with Crippen LogP contribution >= 0.6 is 15.9 Å². The third-order valence-corrected chi connectivity index (χ3v) is 2.58. The number of carboxylic acid groups (broad SMARTS) is 1. The molecule has 0 aliphatic rings. The van der Waals surface area contributed by atoms with Gasteiger partial charge in [-0.2, -0.15) is 0 Å². The maximum atomic E-state index is 13.8. The molecule has 1 heterocycles. The lowest BCUT2D eigenvalue weighted by atomic mass is 10.1. The molecule has 0 radical (unpaired) electrons. The van der Waals surface area contributed by atoms with Gasteiger partial charge >= 0.3 is 5.97 Å². The highest BCUT2D eigenvalue weighted by atomic mass is 79.9. The lowest BCUT2D eigenvalue weighted by Gasteiger charge is -2.04.